The molecule has 0 aromatic heterocycles. The van der Waals surface area contributed by atoms with E-state index in [1.165, 1.54) is 26.0 Å². The lowest BCUT2D eigenvalue weighted by Gasteiger charge is -2.40. The molecule has 0 aromatic rings. The average molecular weight is 298 g/mol. The Morgan fingerprint density at radius 1 is 1.14 bits per heavy atom. The Morgan fingerprint density at radius 3 is 2.24 bits per heavy atom. The summed E-state index contributed by atoms with van der Waals surface area (Å²) in [5.74, 6) is -1.59. The summed E-state index contributed by atoms with van der Waals surface area (Å²) in [6.07, 6.45) is 1.74. The summed E-state index contributed by atoms with van der Waals surface area (Å²) < 4.78 is 5.40. The Labute approximate surface area is 122 Å². The normalized spacial score (nSPS) is 21.0. The minimum absolute atomic E-state index is 0.0429. The summed E-state index contributed by atoms with van der Waals surface area (Å²) in [4.78, 5) is 44.4. The van der Waals surface area contributed by atoms with Gasteiger partial charge in [-0.3, -0.25) is 24.3 Å². The van der Waals surface area contributed by atoms with Crippen molar-refractivity contribution in [3.63, 3.8) is 0 Å². The van der Waals surface area contributed by atoms with Gasteiger partial charge in [0.1, 0.15) is 0 Å². The first-order chi connectivity index (χ1) is 9.87. The molecule has 2 heterocycles. The van der Waals surface area contributed by atoms with Gasteiger partial charge in [-0.15, -0.1) is 0 Å². The number of likely N-dealkylation sites (N-methyl/N-ethyl adjacent to an activating group) is 3. The third-order valence-corrected chi connectivity index (χ3v) is 3.51. The van der Waals surface area contributed by atoms with Crippen LogP contribution in [0, 0.1) is 0 Å². The van der Waals surface area contributed by atoms with Crippen LogP contribution in [0.5, 0.6) is 0 Å². The highest BCUT2D eigenvalue weighted by molar-refractivity contribution is 6.22. The average Bonchev–Trinajstić information content (AvgIpc) is 2.80. The molecule has 0 unspecified atom stereocenters. The van der Waals surface area contributed by atoms with Crippen molar-refractivity contribution >= 4 is 23.9 Å². The van der Waals surface area contributed by atoms with Gasteiger partial charge < -0.3 is 9.57 Å². The number of barbiturate groups is 1. The highest BCUT2D eigenvalue weighted by atomic mass is 16.7. The lowest BCUT2D eigenvalue weighted by atomic mass is 10.1. The van der Waals surface area contributed by atoms with Gasteiger partial charge in [0.2, 0.25) is 0 Å². The van der Waals surface area contributed by atoms with Gasteiger partial charge in [0.05, 0.1) is 6.61 Å². The smallest absolute Gasteiger partial charge is 0.371 e. The van der Waals surface area contributed by atoms with Crippen LogP contribution >= 0.6 is 0 Å². The van der Waals surface area contributed by atoms with Crippen molar-refractivity contribution in [1.82, 2.24) is 14.7 Å². The van der Waals surface area contributed by atoms with Gasteiger partial charge in [-0.05, 0) is 11.6 Å². The fourth-order valence-electron chi connectivity index (χ4n) is 2.10. The van der Waals surface area contributed by atoms with Gasteiger partial charge in [-0.1, -0.05) is 13.3 Å². The minimum atomic E-state index is -2.00. The Hall–Kier alpha value is -2.32. The van der Waals surface area contributed by atoms with Gasteiger partial charge in [0, 0.05) is 21.1 Å². The molecule has 0 atom stereocenters. The molecule has 0 aromatic carbocycles. The van der Waals surface area contributed by atoms with Gasteiger partial charge in [-0.25, -0.2) is 4.79 Å². The first-order valence-electron chi connectivity index (χ1n) is 6.61. The summed E-state index contributed by atoms with van der Waals surface area (Å²) in [6.45, 7) is 2.40. The van der Waals surface area contributed by atoms with E-state index in [0.717, 1.165) is 22.6 Å². The molecule has 2 aliphatic heterocycles. The molecule has 1 spiro atoms. The lowest BCUT2D eigenvalue weighted by molar-refractivity contribution is -0.186. The predicted octanol–water partition coefficient (Wildman–Crippen LogP) is -0.217. The molecular formula is C12H18N4O5. The number of amidine groups is 1. The second-order valence-electron chi connectivity index (χ2n) is 4.88. The van der Waals surface area contributed by atoms with E-state index in [1.54, 1.807) is 0 Å². The molecule has 116 valence electrons. The van der Waals surface area contributed by atoms with Crippen molar-refractivity contribution in [3.05, 3.63) is 0 Å². The number of imide groups is 2. The van der Waals surface area contributed by atoms with Crippen molar-refractivity contribution < 1.29 is 24.0 Å². The van der Waals surface area contributed by atoms with Crippen LogP contribution in [0.25, 0.3) is 0 Å². The Bertz CT molecular complexity index is 494. The second kappa shape index (κ2) is 5.23. The zero-order valence-corrected chi connectivity index (χ0v) is 12.5. The maximum atomic E-state index is 12.4. The highest BCUT2D eigenvalue weighted by Crippen LogP contribution is 2.31. The van der Waals surface area contributed by atoms with E-state index in [4.69, 9.17) is 9.57 Å². The summed E-state index contributed by atoms with van der Waals surface area (Å²) in [7, 11) is 4.02. The maximum Gasteiger partial charge on any atom is 0.371 e. The summed E-state index contributed by atoms with van der Waals surface area (Å²) >= 11 is 0. The number of ether oxygens (including phenoxy) is 1. The van der Waals surface area contributed by atoms with Crippen molar-refractivity contribution in [2.45, 2.75) is 25.5 Å². The molecule has 0 aliphatic carbocycles. The maximum absolute atomic E-state index is 12.4. The van der Waals surface area contributed by atoms with Gasteiger partial charge in [0.15, 0.2) is 0 Å². The molecule has 0 bridgehead atoms. The van der Waals surface area contributed by atoms with Crippen molar-refractivity contribution in [2.75, 3.05) is 27.7 Å². The lowest BCUT2D eigenvalue weighted by Crippen LogP contribution is -2.72. The van der Waals surface area contributed by atoms with Gasteiger partial charge >= 0.3 is 29.6 Å². The summed E-state index contributed by atoms with van der Waals surface area (Å²) in [5.41, 5.74) is -2.00. The number of unbranched alkanes of at least 4 members (excludes halogenated alkanes) is 1. The molecule has 2 aliphatic rings. The number of oxime groups is 1. The van der Waals surface area contributed by atoms with Crippen LogP contribution < -0.4 is 0 Å². The number of amides is 4. The highest BCUT2D eigenvalue weighted by Gasteiger charge is 2.65. The van der Waals surface area contributed by atoms with Gasteiger partial charge in [-0.2, -0.15) is 0 Å². The zero-order chi connectivity index (χ0) is 15.8. The van der Waals surface area contributed by atoms with E-state index in [-0.39, 0.29) is 6.02 Å². The molecule has 9 nitrogen and oxygen atoms in total. The van der Waals surface area contributed by atoms with Crippen molar-refractivity contribution in [1.29, 1.82) is 0 Å². The second-order valence-corrected chi connectivity index (χ2v) is 4.88. The molecule has 0 saturated carbocycles. The molecule has 9 heteroatoms. The van der Waals surface area contributed by atoms with Crippen LogP contribution in [0.4, 0.5) is 4.79 Å². The molecule has 1 saturated heterocycles. The number of carbonyl (C=O) groups is 3. The molecule has 1 fully saturated rings. The van der Waals surface area contributed by atoms with E-state index in [9.17, 15) is 14.4 Å². The molecule has 21 heavy (non-hydrogen) atoms. The van der Waals surface area contributed by atoms with Crippen LogP contribution in [0.3, 0.4) is 0 Å². The SMILES string of the molecule is CCCCOC1=NOC2(C(=O)N(C)C(=O)N(C)C2=O)N1C. The Kier molecular flexibility index (Phi) is 3.75. The largest absolute Gasteiger partial charge is 0.463 e. The molecular weight excluding hydrogens is 280 g/mol. The van der Waals surface area contributed by atoms with Gasteiger partial charge in [0.25, 0.3) is 0 Å². The molecule has 4 amide bonds. The van der Waals surface area contributed by atoms with Crippen LogP contribution in [0.2, 0.25) is 0 Å². The number of hydrogen-bond acceptors (Lipinski definition) is 7. The molecule has 0 radical (unpaired) electrons. The number of carbonyl (C=O) groups excluding carboxylic acids is 3. The van der Waals surface area contributed by atoms with E-state index >= 15 is 0 Å². The van der Waals surface area contributed by atoms with Crippen LogP contribution in [-0.4, -0.2) is 72.0 Å². The Morgan fingerprint density at radius 2 is 1.71 bits per heavy atom. The minimum Gasteiger partial charge on any atom is -0.463 e. The topological polar surface area (TPSA) is 91.7 Å². The fraction of sp³-hybridized carbons (Fsp3) is 0.667. The predicted molar refractivity (Wildman–Crippen MR) is 70.8 cm³/mol. The van der Waals surface area contributed by atoms with E-state index in [1.807, 2.05) is 6.92 Å². The van der Waals surface area contributed by atoms with Crippen LogP contribution in [0.1, 0.15) is 19.8 Å². The number of rotatable bonds is 3. The fourth-order valence-corrected chi connectivity index (χ4v) is 2.10. The number of nitrogens with zero attached hydrogens (tertiary/aromatic N) is 4. The third-order valence-electron chi connectivity index (χ3n) is 3.51. The number of urea groups is 1. The first kappa shape index (κ1) is 15.1. The monoisotopic (exact) mass is 298 g/mol. The number of hydrogen-bond donors (Lipinski definition) is 0. The summed E-state index contributed by atoms with van der Waals surface area (Å²) in [6, 6.07) is -0.672. The van der Waals surface area contributed by atoms with E-state index in [0.29, 0.717) is 6.61 Å². The molecule has 2 rings (SSSR count). The quantitative estimate of drug-likeness (QED) is 0.528. The first-order valence-corrected chi connectivity index (χ1v) is 6.61. The molecule has 0 N–H and O–H groups in total. The van der Waals surface area contributed by atoms with Crippen LogP contribution in [0.15, 0.2) is 5.16 Å². The van der Waals surface area contributed by atoms with Crippen molar-refractivity contribution in [2.24, 2.45) is 5.16 Å². The third kappa shape index (κ3) is 1.99. The Balaban J connectivity index is 2.25. The van der Waals surface area contributed by atoms with Crippen LogP contribution in [-0.2, 0) is 19.2 Å². The van der Waals surface area contributed by atoms with Crippen molar-refractivity contribution in [3.8, 4) is 0 Å². The zero-order valence-electron chi connectivity index (χ0n) is 12.5. The standard InChI is InChI=1S/C12H18N4O5/c1-5-6-7-20-10-13-21-12(16(10)4)8(17)14(2)11(19)15(3)9(12)18/h5-7H2,1-4H3. The van der Waals surface area contributed by atoms with E-state index < -0.39 is 23.6 Å². The summed E-state index contributed by atoms with van der Waals surface area (Å²) in [5, 5.41) is 3.67. The van der Waals surface area contributed by atoms with E-state index in [2.05, 4.69) is 5.16 Å².